The van der Waals surface area contributed by atoms with Crippen molar-refractivity contribution in [2.75, 3.05) is 13.1 Å². The zero-order valence-corrected chi connectivity index (χ0v) is 21.4. The van der Waals surface area contributed by atoms with Gasteiger partial charge in [-0.2, -0.15) is 4.98 Å². The molecule has 0 saturated carbocycles. The first-order valence-electron chi connectivity index (χ1n) is 12.2. The van der Waals surface area contributed by atoms with Crippen molar-refractivity contribution in [2.24, 2.45) is 5.92 Å². The second kappa shape index (κ2) is 10.2. The Morgan fingerprint density at radius 3 is 2.64 bits per heavy atom. The van der Waals surface area contributed by atoms with E-state index in [9.17, 15) is 4.79 Å². The van der Waals surface area contributed by atoms with Gasteiger partial charge in [-0.05, 0) is 59.9 Å². The van der Waals surface area contributed by atoms with Gasteiger partial charge in [0.15, 0.2) is 0 Å². The quantitative estimate of drug-likeness (QED) is 0.280. The molecule has 1 aliphatic rings. The van der Waals surface area contributed by atoms with Crippen molar-refractivity contribution in [1.82, 2.24) is 15.0 Å². The number of carboxylic acids is 1. The molecule has 7 nitrogen and oxygen atoms in total. The number of aryl methyl sites for hydroxylation is 1. The Morgan fingerprint density at radius 1 is 1.19 bits per heavy atom. The molecule has 1 aliphatic heterocycles. The molecule has 0 atom stereocenters. The molecule has 1 N–H and O–H groups in total. The van der Waals surface area contributed by atoms with Crippen LogP contribution in [0.15, 0.2) is 59.1 Å². The summed E-state index contributed by atoms with van der Waals surface area (Å²) in [5.41, 5.74) is 3.17. The van der Waals surface area contributed by atoms with Crippen molar-refractivity contribution < 1.29 is 19.2 Å². The van der Waals surface area contributed by atoms with Crippen LogP contribution in [0.3, 0.4) is 0 Å². The molecule has 3 heterocycles. The van der Waals surface area contributed by atoms with E-state index in [-0.39, 0.29) is 5.92 Å². The van der Waals surface area contributed by atoms with Gasteiger partial charge < -0.3 is 14.4 Å². The molecule has 1 fully saturated rings. The molecule has 0 spiro atoms. The second-order valence-corrected chi connectivity index (χ2v) is 10.5. The minimum atomic E-state index is -0.716. The molecule has 36 heavy (non-hydrogen) atoms. The summed E-state index contributed by atoms with van der Waals surface area (Å²) in [6.07, 6.45) is 0.858. The normalized spacial score (nSPS) is 14.2. The van der Waals surface area contributed by atoms with E-state index in [0.717, 1.165) is 34.9 Å². The molecule has 0 amide bonds. The van der Waals surface area contributed by atoms with E-state index in [4.69, 9.17) is 14.4 Å². The highest BCUT2D eigenvalue weighted by atomic mass is 32.1. The molecule has 0 unspecified atom stereocenters. The van der Waals surface area contributed by atoms with Crippen LogP contribution < -0.4 is 4.74 Å². The molecule has 2 aromatic heterocycles. The molecule has 5 rings (SSSR count). The van der Waals surface area contributed by atoms with E-state index in [1.165, 1.54) is 16.0 Å². The van der Waals surface area contributed by atoms with Crippen LogP contribution in [0.4, 0.5) is 0 Å². The number of nitrogens with zero attached hydrogens (tertiary/aromatic N) is 3. The minimum absolute atomic E-state index is 0.253. The first kappa shape index (κ1) is 24.2. The zero-order valence-electron chi connectivity index (χ0n) is 20.6. The van der Waals surface area contributed by atoms with Crippen LogP contribution in [0, 0.1) is 5.92 Å². The van der Waals surface area contributed by atoms with E-state index in [0.29, 0.717) is 30.7 Å². The number of likely N-dealkylation sites (tertiary alicyclic amines) is 1. The summed E-state index contributed by atoms with van der Waals surface area (Å²) in [5, 5.41) is 13.4. The first-order chi connectivity index (χ1) is 17.4. The molecule has 2 aromatic carbocycles. The van der Waals surface area contributed by atoms with Crippen molar-refractivity contribution in [3.63, 3.8) is 0 Å². The van der Waals surface area contributed by atoms with Gasteiger partial charge in [0.05, 0.1) is 10.8 Å². The van der Waals surface area contributed by atoms with Crippen molar-refractivity contribution in [2.45, 2.75) is 39.7 Å². The number of rotatable bonds is 9. The van der Waals surface area contributed by atoms with Crippen molar-refractivity contribution in [3.05, 3.63) is 70.6 Å². The highest BCUT2D eigenvalue weighted by Crippen LogP contribution is 2.35. The number of carbonyl (C=O) groups is 1. The number of benzene rings is 2. The average molecular weight is 504 g/mol. The summed E-state index contributed by atoms with van der Waals surface area (Å²) in [6, 6.07) is 17.9. The van der Waals surface area contributed by atoms with Crippen molar-refractivity contribution in [3.8, 4) is 33.7 Å². The van der Waals surface area contributed by atoms with E-state index >= 15 is 0 Å². The number of hydrogen-bond acceptors (Lipinski definition) is 7. The molecular weight excluding hydrogens is 474 g/mol. The Balaban J connectivity index is 1.29. The number of para-hydroxylation sites is 1. The maximum Gasteiger partial charge on any atom is 0.309 e. The van der Waals surface area contributed by atoms with Crippen molar-refractivity contribution in [1.29, 1.82) is 0 Å². The number of aromatic nitrogens is 2. The van der Waals surface area contributed by atoms with Crippen LogP contribution in [0.5, 0.6) is 11.5 Å². The molecule has 0 radical (unpaired) electrons. The highest BCUT2D eigenvalue weighted by molar-refractivity contribution is 7.15. The number of carboxylic acid groups (broad SMARTS) is 1. The largest absolute Gasteiger partial charge is 0.481 e. The lowest BCUT2D eigenvalue weighted by atomic mass is 10.0. The summed E-state index contributed by atoms with van der Waals surface area (Å²) in [5.74, 6) is 2.05. The van der Waals surface area contributed by atoms with Crippen LogP contribution in [-0.4, -0.2) is 39.2 Å². The van der Waals surface area contributed by atoms with Gasteiger partial charge in [0.2, 0.25) is 5.82 Å². The lowest BCUT2D eigenvalue weighted by Crippen LogP contribution is -2.49. The van der Waals surface area contributed by atoms with Crippen LogP contribution in [0.25, 0.3) is 22.2 Å². The third-order valence-electron chi connectivity index (χ3n) is 6.43. The standard InChI is InChI=1S/C28H29N3O4S/c1-4-18-13-22(16-31-14-20(15-31)28(32)33)36-25(18)26-29-27(35-30-26)19-9-11-21(12-10-19)34-24-8-6-5-7-23(24)17(2)3/h5-13,17,20H,4,14-16H2,1-3H3,(H,32,33). The van der Waals surface area contributed by atoms with Gasteiger partial charge in [-0.1, -0.05) is 44.1 Å². The maximum absolute atomic E-state index is 11.1. The second-order valence-electron chi connectivity index (χ2n) is 9.39. The lowest BCUT2D eigenvalue weighted by molar-refractivity contribution is -0.147. The fourth-order valence-electron chi connectivity index (χ4n) is 4.37. The molecular formula is C28H29N3O4S. The number of aliphatic carboxylic acids is 1. The van der Waals surface area contributed by atoms with Gasteiger partial charge in [-0.15, -0.1) is 11.3 Å². The summed E-state index contributed by atoms with van der Waals surface area (Å²) >= 11 is 1.65. The Morgan fingerprint density at radius 2 is 1.94 bits per heavy atom. The summed E-state index contributed by atoms with van der Waals surface area (Å²) in [4.78, 5) is 20.1. The van der Waals surface area contributed by atoms with E-state index in [1.807, 2.05) is 42.5 Å². The summed E-state index contributed by atoms with van der Waals surface area (Å²) < 4.78 is 11.7. The topological polar surface area (TPSA) is 88.7 Å². The fourth-order valence-corrected chi connectivity index (χ4v) is 5.59. The molecule has 1 saturated heterocycles. The van der Waals surface area contributed by atoms with Crippen LogP contribution >= 0.6 is 11.3 Å². The van der Waals surface area contributed by atoms with Gasteiger partial charge >= 0.3 is 5.97 Å². The van der Waals surface area contributed by atoms with Crippen molar-refractivity contribution >= 4 is 17.3 Å². The van der Waals surface area contributed by atoms with Gasteiger partial charge in [0.25, 0.3) is 5.89 Å². The smallest absolute Gasteiger partial charge is 0.309 e. The molecule has 186 valence electrons. The van der Waals surface area contributed by atoms with Crippen LogP contribution in [-0.2, 0) is 17.8 Å². The SMILES string of the molecule is CCc1cc(CN2CC(C(=O)O)C2)sc1-c1noc(-c2ccc(Oc3ccccc3C(C)C)cc2)n1. The number of hydrogen-bond donors (Lipinski definition) is 1. The Bertz CT molecular complexity index is 1350. The van der Waals surface area contributed by atoms with Gasteiger partial charge in [-0.25, -0.2) is 0 Å². The number of ether oxygens (including phenoxy) is 1. The number of thiophene rings is 1. The fraction of sp³-hybridized carbons (Fsp3) is 0.321. The van der Waals surface area contributed by atoms with Gasteiger partial charge in [0, 0.05) is 30.1 Å². The summed E-state index contributed by atoms with van der Waals surface area (Å²) in [7, 11) is 0. The van der Waals surface area contributed by atoms with Gasteiger partial charge in [-0.3, -0.25) is 9.69 Å². The third kappa shape index (κ3) is 5.05. The minimum Gasteiger partial charge on any atom is -0.481 e. The Labute approximate surface area is 214 Å². The summed E-state index contributed by atoms with van der Waals surface area (Å²) in [6.45, 7) is 8.35. The average Bonchev–Trinajstić information content (AvgIpc) is 3.48. The third-order valence-corrected chi connectivity index (χ3v) is 7.58. The van der Waals surface area contributed by atoms with E-state index in [2.05, 4.69) is 47.9 Å². The Kier molecular flexibility index (Phi) is 6.89. The molecule has 8 heteroatoms. The van der Waals surface area contributed by atoms with E-state index in [1.54, 1.807) is 11.3 Å². The van der Waals surface area contributed by atoms with E-state index < -0.39 is 5.97 Å². The molecule has 0 bridgehead atoms. The molecule has 4 aromatic rings. The van der Waals surface area contributed by atoms with Gasteiger partial charge in [0.1, 0.15) is 11.5 Å². The van der Waals surface area contributed by atoms with Crippen LogP contribution in [0.2, 0.25) is 0 Å². The lowest BCUT2D eigenvalue weighted by Gasteiger charge is -2.36. The Hall–Kier alpha value is -3.49. The molecule has 0 aliphatic carbocycles. The zero-order chi connectivity index (χ0) is 25.2. The first-order valence-corrected chi connectivity index (χ1v) is 13.0. The maximum atomic E-state index is 11.1. The monoisotopic (exact) mass is 503 g/mol. The predicted octanol–water partition coefficient (Wildman–Crippen LogP) is 6.46. The highest BCUT2D eigenvalue weighted by Gasteiger charge is 2.32. The predicted molar refractivity (Wildman–Crippen MR) is 139 cm³/mol. The van der Waals surface area contributed by atoms with Crippen LogP contribution in [0.1, 0.15) is 42.7 Å².